The van der Waals surface area contributed by atoms with Gasteiger partial charge in [-0.2, -0.15) is 5.10 Å². The van der Waals surface area contributed by atoms with Crippen molar-refractivity contribution in [2.45, 2.75) is 38.6 Å². The highest BCUT2D eigenvalue weighted by Crippen LogP contribution is 2.33. The van der Waals surface area contributed by atoms with E-state index in [2.05, 4.69) is 15.5 Å². The molecule has 2 aromatic heterocycles. The highest BCUT2D eigenvalue weighted by molar-refractivity contribution is 7.18. The zero-order valence-electron chi connectivity index (χ0n) is 15.6. The van der Waals surface area contributed by atoms with E-state index in [0.29, 0.717) is 21.0 Å². The molecule has 1 N–H and O–H groups in total. The van der Waals surface area contributed by atoms with Crippen molar-refractivity contribution in [1.82, 2.24) is 15.0 Å². The Balaban J connectivity index is 1.55. The maximum atomic E-state index is 13.1. The standard InChI is InChI=1S/C20H18Cl2N4O2S/c1-11(18(27)25-24-9-12-6-7-14(21)15(22)8-12)26-10-23-19-17(20(26)28)13-4-2-3-5-16(13)29-19/h6-11H,2-5H2,1H3,(H,25,27)/b24-9+. The molecule has 9 heteroatoms. The second kappa shape index (κ2) is 8.26. The van der Waals surface area contributed by atoms with Gasteiger partial charge in [-0.1, -0.05) is 29.3 Å². The van der Waals surface area contributed by atoms with Gasteiger partial charge < -0.3 is 0 Å². The fourth-order valence-electron chi connectivity index (χ4n) is 3.42. The van der Waals surface area contributed by atoms with Crippen LogP contribution in [0.25, 0.3) is 10.2 Å². The summed E-state index contributed by atoms with van der Waals surface area (Å²) in [7, 11) is 0. The Hall–Kier alpha value is -2.22. The van der Waals surface area contributed by atoms with Crippen LogP contribution < -0.4 is 11.0 Å². The molecule has 1 aliphatic rings. The molecule has 1 unspecified atom stereocenters. The molecule has 6 nitrogen and oxygen atoms in total. The first-order valence-corrected chi connectivity index (χ1v) is 10.8. The van der Waals surface area contributed by atoms with E-state index in [4.69, 9.17) is 23.2 Å². The van der Waals surface area contributed by atoms with Crippen LogP contribution >= 0.6 is 34.5 Å². The first kappa shape index (κ1) is 20.1. The monoisotopic (exact) mass is 448 g/mol. The number of aryl methyl sites for hydroxylation is 2. The minimum absolute atomic E-state index is 0.175. The Kier molecular flexibility index (Phi) is 5.72. The Labute approximate surface area is 181 Å². The van der Waals surface area contributed by atoms with Crippen molar-refractivity contribution in [2.24, 2.45) is 5.10 Å². The van der Waals surface area contributed by atoms with Gasteiger partial charge in [0.25, 0.3) is 11.5 Å². The molecule has 0 saturated heterocycles. The number of carbonyl (C=O) groups is 1. The lowest BCUT2D eigenvalue weighted by Crippen LogP contribution is -2.34. The summed E-state index contributed by atoms with van der Waals surface area (Å²) in [6, 6.07) is 4.28. The highest BCUT2D eigenvalue weighted by Gasteiger charge is 2.23. The van der Waals surface area contributed by atoms with Crippen LogP contribution in [-0.2, 0) is 17.6 Å². The number of amides is 1. The first-order valence-electron chi connectivity index (χ1n) is 9.25. The Morgan fingerprint density at radius 1 is 1.31 bits per heavy atom. The molecule has 1 aromatic carbocycles. The quantitative estimate of drug-likeness (QED) is 0.475. The van der Waals surface area contributed by atoms with Gasteiger partial charge in [0.1, 0.15) is 10.9 Å². The van der Waals surface area contributed by atoms with Crippen LogP contribution in [0.4, 0.5) is 0 Å². The zero-order chi connectivity index (χ0) is 20.5. The summed E-state index contributed by atoms with van der Waals surface area (Å²) in [6.45, 7) is 1.65. The number of halogens is 2. The fraction of sp³-hybridized carbons (Fsp3) is 0.300. The van der Waals surface area contributed by atoms with Crippen molar-refractivity contribution >= 4 is 56.9 Å². The Bertz CT molecular complexity index is 1190. The van der Waals surface area contributed by atoms with Crippen LogP contribution in [0.3, 0.4) is 0 Å². The molecule has 0 fully saturated rings. The average molecular weight is 449 g/mol. The van der Waals surface area contributed by atoms with Crippen molar-refractivity contribution < 1.29 is 4.79 Å². The fourth-order valence-corrected chi connectivity index (χ4v) is 4.94. The van der Waals surface area contributed by atoms with E-state index in [-0.39, 0.29) is 5.56 Å². The molecule has 0 aliphatic heterocycles. The molecule has 0 saturated carbocycles. The summed E-state index contributed by atoms with van der Waals surface area (Å²) in [5.41, 5.74) is 4.09. The van der Waals surface area contributed by atoms with Gasteiger partial charge in [0.15, 0.2) is 0 Å². The van der Waals surface area contributed by atoms with E-state index in [1.807, 2.05) is 0 Å². The molecular weight excluding hydrogens is 431 g/mol. The number of hydrogen-bond donors (Lipinski definition) is 1. The molecule has 1 amide bonds. The molecule has 29 heavy (non-hydrogen) atoms. The number of nitrogens with one attached hydrogen (secondary N) is 1. The Morgan fingerprint density at radius 2 is 2.10 bits per heavy atom. The third kappa shape index (κ3) is 3.95. The number of thiophene rings is 1. The number of benzene rings is 1. The van der Waals surface area contributed by atoms with E-state index in [1.54, 1.807) is 36.5 Å². The van der Waals surface area contributed by atoms with Crippen LogP contribution in [0, 0.1) is 0 Å². The number of rotatable bonds is 4. The number of nitrogens with zero attached hydrogens (tertiary/aromatic N) is 3. The molecule has 2 heterocycles. The molecule has 4 rings (SSSR count). The second-order valence-corrected chi connectivity index (χ2v) is 8.83. The third-order valence-electron chi connectivity index (χ3n) is 5.03. The molecule has 150 valence electrons. The predicted molar refractivity (Wildman–Crippen MR) is 117 cm³/mol. The van der Waals surface area contributed by atoms with Crippen LogP contribution in [0.15, 0.2) is 34.4 Å². The lowest BCUT2D eigenvalue weighted by molar-refractivity contribution is -0.123. The third-order valence-corrected chi connectivity index (χ3v) is 6.97. The van der Waals surface area contributed by atoms with Gasteiger partial charge >= 0.3 is 0 Å². The van der Waals surface area contributed by atoms with E-state index in [9.17, 15) is 9.59 Å². The van der Waals surface area contributed by atoms with E-state index < -0.39 is 11.9 Å². The molecular formula is C20H18Cl2N4O2S. The minimum atomic E-state index is -0.746. The lowest BCUT2D eigenvalue weighted by atomic mass is 9.97. The van der Waals surface area contributed by atoms with E-state index in [0.717, 1.165) is 36.1 Å². The minimum Gasteiger partial charge on any atom is -0.286 e. The molecule has 0 radical (unpaired) electrons. The van der Waals surface area contributed by atoms with Crippen molar-refractivity contribution in [1.29, 1.82) is 0 Å². The van der Waals surface area contributed by atoms with Crippen molar-refractivity contribution in [3.05, 3.63) is 60.9 Å². The van der Waals surface area contributed by atoms with Crippen LogP contribution in [0.5, 0.6) is 0 Å². The summed E-state index contributed by atoms with van der Waals surface area (Å²) < 4.78 is 1.37. The number of hydrogen-bond acceptors (Lipinski definition) is 5. The van der Waals surface area contributed by atoms with Gasteiger partial charge in [-0.15, -0.1) is 11.3 Å². The summed E-state index contributed by atoms with van der Waals surface area (Å²) in [5.74, 6) is -0.409. The normalized spacial score (nSPS) is 14.9. The molecule has 0 spiro atoms. The highest BCUT2D eigenvalue weighted by atomic mass is 35.5. The van der Waals surface area contributed by atoms with Gasteiger partial charge in [0, 0.05) is 4.88 Å². The van der Waals surface area contributed by atoms with E-state index >= 15 is 0 Å². The van der Waals surface area contributed by atoms with Crippen LogP contribution in [0.1, 0.15) is 41.8 Å². The first-order chi connectivity index (χ1) is 14.0. The van der Waals surface area contributed by atoms with Gasteiger partial charge in [0.2, 0.25) is 0 Å². The van der Waals surface area contributed by atoms with Crippen molar-refractivity contribution in [3.8, 4) is 0 Å². The van der Waals surface area contributed by atoms with Gasteiger partial charge in [-0.3, -0.25) is 14.2 Å². The average Bonchev–Trinajstić information content (AvgIpc) is 3.10. The molecule has 1 atom stereocenters. The maximum absolute atomic E-state index is 13.1. The SMILES string of the molecule is CC(C(=O)N/N=C/c1ccc(Cl)c(Cl)c1)n1cnc2sc3c(c2c1=O)CCCC3. The molecule has 0 bridgehead atoms. The second-order valence-electron chi connectivity index (χ2n) is 6.93. The summed E-state index contributed by atoms with van der Waals surface area (Å²) >= 11 is 13.4. The van der Waals surface area contributed by atoms with Crippen LogP contribution in [0.2, 0.25) is 10.0 Å². The number of hydrazone groups is 1. The van der Waals surface area contributed by atoms with Gasteiger partial charge in [-0.25, -0.2) is 10.4 Å². The number of carbonyl (C=O) groups excluding carboxylic acids is 1. The summed E-state index contributed by atoms with van der Waals surface area (Å²) in [4.78, 5) is 32.0. The van der Waals surface area contributed by atoms with E-state index in [1.165, 1.54) is 22.0 Å². The number of fused-ring (bicyclic) bond motifs is 3. The topological polar surface area (TPSA) is 76.3 Å². The van der Waals surface area contributed by atoms with Gasteiger partial charge in [-0.05, 0) is 55.9 Å². The van der Waals surface area contributed by atoms with Crippen molar-refractivity contribution in [3.63, 3.8) is 0 Å². The summed E-state index contributed by atoms with van der Waals surface area (Å²) in [6.07, 6.45) is 7.02. The number of aromatic nitrogens is 2. The smallest absolute Gasteiger partial charge is 0.263 e. The zero-order valence-corrected chi connectivity index (χ0v) is 17.9. The lowest BCUT2D eigenvalue weighted by Gasteiger charge is -2.14. The van der Waals surface area contributed by atoms with Gasteiger partial charge in [0.05, 0.1) is 28.0 Å². The molecule has 1 aliphatic carbocycles. The Morgan fingerprint density at radius 3 is 2.90 bits per heavy atom. The summed E-state index contributed by atoms with van der Waals surface area (Å²) in [5, 5.41) is 5.46. The molecule has 3 aromatic rings. The van der Waals surface area contributed by atoms with Crippen molar-refractivity contribution in [2.75, 3.05) is 0 Å². The van der Waals surface area contributed by atoms with Crippen LogP contribution in [-0.4, -0.2) is 21.7 Å². The largest absolute Gasteiger partial charge is 0.286 e. The predicted octanol–water partition coefficient (Wildman–Crippen LogP) is 4.35. The maximum Gasteiger partial charge on any atom is 0.263 e.